The van der Waals surface area contributed by atoms with E-state index in [1.54, 1.807) is 4.90 Å². The van der Waals surface area contributed by atoms with Crippen LogP contribution in [-0.4, -0.2) is 49.0 Å². The Morgan fingerprint density at radius 2 is 2.30 bits per heavy atom. The van der Waals surface area contributed by atoms with Crippen LogP contribution in [0.1, 0.15) is 5.69 Å². The lowest BCUT2D eigenvalue weighted by atomic mass is 10.2. The van der Waals surface area contributed by atoms with Crippen molar-refractivity contribution in [3.05, 3.63) is 28.2 Å². The number of aromatic nitrogens is 1. The van der Waals surface area contributed by atoms with E-state index < -0.39 is 12.3 Å². The summed E-state index contributed by atoms with van der Waals surface area (Å²) in [7, 11) is 1.38. The molecule has 1 aliphatic heterocycles. The molecule has 5 nitrogen and oxygen atoms in total. The van der Waals surface area contributed by atoms with Gasteiger partial charge in [-0.1, -0.05) is 0 Å². The highest BCUT2D eigenvalue weighted by molar-refractivity contribution is 5.20. The molecular weight excluding hydrogens is 277 g/mol. The molecule has 0 saturated carbocycles. The maximum atomic E-state index is 12.6. The fourth-order valence-corrected chi connectivity index (χ4v) is 2.04. The van der Waals surface area contributed by atoms with E-state index in [0.29, 0.717) is 12.2 Å². The molecule has 0 spiro atoms. The summed E-state index contributed by atoms with van der Waals surface area (Å²) in [5.41, 5.74) is 0.237. The zero-order chi connectivity index (χ0) is 14.8. The first-order valence-corrected chi connectivity index (χ1v) is 6.06. The number of ether oxygens (including phenoxy) is 2. The molecular formula is C12H15F3N2O3. The number of pyridine rings is 1. The van der Waals surface area contributed by atoms with Gasteiger partial charge in [0.15, 0.2) is 11.9 Å². The summed E-state index contributed by atoms with van der Waals surface area (Å²) in [5.74, 6) is 0.170. The van der Waals surface area contributed by atoms with Crippen LogP contribution in [0.15, 0.2) is 17.1 Å². The fraction of sp³-hybridized carbons (Fsp3) is 0.583. The summed E-state index contributed by atoms with van der Waals surface area (Å²) in [4.78, 5) is 16.0. The Morgan fingerprint density at radius 3 is 2.90 bits per heavy atom. The third kappa shape index (κ3) is 3.51. The average Bonchev–Trinajstić information content (AvgIpc) is 2.38. The zero-order valence-electron chi connectivity index (χ0n) is 10.9. The summed E-state index contributed by atoms with van der Waals surface area (Å²) in [6.07, 6.45) is -4.74. The number of aromatic amines is 1. The Hall–Kier alpha value is -1.54. The molecule has 0 aliphatic carbocycles. The van der Waals surface area contributed by atoms with E-state index >= 15 is 0 Å². The predicted molar refractivity (Wildman–Crippen MR) is 64.7 cm³/mol. The van der Waals surface area contributed by atoms with E-state index in [0.717, 1.165) is 0 Å². The van der Waals surface area contributed by atoms with Crippen LogP contribution in [0, 0.1) is 0 Å². The summed E-state index contributed by atoms with van der Waals surface area (Å²) < 4.78 is 47.3. The Morgan fingerprint density at radius 1 is 1.55 bits per heavy atom. The first-order valence-electron chi connectivity index (χ1n) is 6.06. The molecule has 0 unspecified atom stereocenters. The molecule has 8 heteroatoms. The van der Waals surface area contributed by atoms with Gasteiger partial charge in [-0.3, -0.25) is 9.69 Å². The summed E-state index contributed by atoms with van der Waals surface area (Å²) in [6.45, 7) is 0.401. The largest absolute Gasteiger partial charge is 0.491 e. The van der Waals surface area contributed by atoms with Gasteiger partial charge in [0.05, 0.1) is 13.7 Å². The molecule has 0 aromatic carbocycles. The molecule has 20 heavy (non-hydrogen) atoms. The van der Waals surface area contributed by atoms with Crippen molar-refractivity contribution < 1.29 is 22.6 Å². The van der Waals surface area contributed by atoms with Crippen LogP contribution >= 0.6 is 0 Å². The lowest BCUT2D eigenvalue weighted by molar-refractivity contribution is -0.237. The lowest BCUT2D eigenvalue weighted by Crippen LogP contribution is -2.48. The van der Waals surface area contributed by atoms with Gasteiger partial charge < -0.3 is 14.5 Å². The molecule has 1 fully saturated rings. The minimum atomic E-state index is -4.37. The van der Waals surface area contributed by atoms with Crippen molar-refractivity contribution in [2.24, 2.45) is 0 Å². The Bertz CT molecular complexity index is 515. The van der Waals surface area contributed by atoms with Crippen molar-refractivity contribution in [1.82, 2.24) is 9.88 Å². The molecule has 2 heterocycles. The quantitative estimate of drug-likeness (QED) is 0.908. The second-order valence-electron chi connectivity index (χ2n) is 4.53. The number of rotatable bonds is 3. The zero-order valence-corrected chi connectivity index (χ0v) is 10.9. The van der Waals surface area contributed by atoms with E-state index in [1.165, 1.54) is 19.4 Å². The second kappa shape index (κ2) is 5.84. The summed E-state index contributed by atoms with van der Waals surface area (Å²) >= 11 is 0. The SMILES string of the molecule is COc1c[nH]c(CN2CCO[C@H](C(F)(F)F)C2)cc1=O. The van der Waals surface area contributed by atoms with Gasteiger partial charge in [0, 0.05) is 37.6 Å². The van der Waals surface area contributed by atoms with Gasteiger partial charge in [-0.05, 0) is 0 Å². The molecule has 1 atom stereocenters. The van der Waals surface area contributed by atoms with Crippen LogP contribution < -0.4 is 10.2 Å². The van der Waals surface area contributed by atoms with Crippen molar-refractivity contribution >= 4 is 0 Å². The van der Waals surface area contributed by atoms with Gasteiger partial charge in [-0.15, -0.1) is 0 Å². The summed E-state index contributed by atoms with van der Waals surface area (Å²) in [5, 5.41) is 0. The van der Waals surface area contributed by atoms with E-state index in [4.69, 9.17) is 9.47 Å². The number of methoxy groups -OCH3 is 1. The fourth-order valence-electron chi connectivity index (χ4n) is 2.04. The highest BCUT2D eigenvalue weighted by Crippen LogP contribution is 2.26. The number of H-pyrrole nitrogens is 1. The van der Waals surface area contributed by atoms with E-state index in [1.807, 2.05) is 0 Å². The molecule has 1 saturated heterocycles. The number of alkyl halides is 3. The van der Waals surface area contributed by atoms with Crippen LogP contribution in [0.2, 0.25) is 0 Å². The second-order valence-corrected chi connectivity index (χ2v) is 4.53. The number of nitrogens with zero attached hydrogens (tertiary/aromatic N) is 1. The lowest BCUT2D eigenvalue weighted by Gasteiger charge is -2.33. The molecule has 112 valence electrons. The number of halogens is 3. The van der Waals surface area contributed by atoms with E-state index in [9.17, 15) is 18.0 Å². The van der Waals surface area contributed by atoms with E-state index in [-0.39, 0.29) is 30.9 Å². The van der Waals surface area contributed by atoms with Gasteiger partial charge in [0.1, 0.15) is 0 Å². The molecule has 1 aromatic heterocycles. The number of hydrogen-bond acceptors (Lipinski definition) is 4. The Labute approximate surface area is 113 Å². The van der Waals surface area contributed by atoms with Crippen molar-refractivity contribution in [2.45, 2.75) is 18.8 Å². The standard InChI is InChI=1S/C12H15F3N2O3/c1-19-10-5-16-8(4-9(10)18)6-17-2-3-20-11(7-17)12(13,14)15/h4-5,11H,2-3,6-7H2,1H3,(H,16,18)/t11-/m0/s1. The van der Waals surface area contributed by atoms with Gasteiger partial charge >= 0.3 is 6.18 Å². The van der Waals surface area contributed by atoms with Gasteiger partial charge in [0.25, 0.3) is 0 Å². The van der Waals surface area contributed by atoms with Crippen LogP contribution in [0.25, 0.3) is 0 Å². The van der Waals surface area contributed by atoms with Crippen molar-refractivity contribution in [1.29, 1.82) is 0 Å². The van der Waals surface area contributed by atoms with Gasteiger partial charge in [0.2, 0.25) is 5.43 Å². The van der Waals surface area contributed by atoms with Gasteiger partial charge in [-0.2, -0.15) is 13.2 Å². The van der Waals surface area contributed by atoms with E-state index in [2.05, 4.69) is 4.98 Å². The van der Waals surface area contributed by atoms with Crippen molar-refractivity contribution in [3.63, 3.8) is 0 Å². The number of hydrogen-bond donors (Lipinski definition) is 1. The summed E-state index contributed by atoms with van der Waals surface area (Å²) in [6, 6.07) is 1.33. The molecule has 1 N–H and O–H groups in total. The first-order chi connectivity index (χ1) is 9.40. The van der Waals surface area contributed by atoms with Crippen LogP contribution in [-0.2, 0) is 11.3 Å². The van der Waals surface area contributed by atoms with Crippen LogP contribution in [0.5, 0.6) is 5.75 Å². The number of morpholine rings is 1. The molecule has 1 aliphatic rings. The minimum absolute atomic E-state index is 0.0184. The highest BCUT2D eigenvalue weighted by Gasteiger charge is 2.43. The molecule has 0 bridgehead atoms. The van der Waals surface area contributed by atoms with Crippen LogP contribution in [0.4, 0.5) is 13.2 Å². The third-order valence-corrected chi connectivity index (χ3v) is 3.07. The van der Waals surface area contributed by atoms with Crippen molar-refractivity contribution in [3.8, 4) is 5.75 Å². The monoisotopic (exact) mass is 292 g/mol. The third-order valence-electron chi connectivity index (χ3n) is 3.07. The normalized spacial score (nSPS) is 20.9. The maximum absolute atomic E-state index is 12.6. The molecule has 1 aromatic rings. The smallest absolute Gasteiger partial charge is 0.415 e. The Kier molecular flexibility index (Phi) is 4.34. The molecule has 2 rings (SSSR count). The predicted octanol–water partition coefficient (Wildman–Crippen LogP) is 1.15. The van der Waals surface area contributed by atoms with Gasteiger partial charge in [-0.25, -0.2) is 0 Å². The molecule has 0 radical (unpaired) electrons. The molecule has 0 amide bonds. The first kappa shape index (κ1) is 14.9. The number of nitrogens with one attached hydrogen (secondary N) is 1. The maximum Gasteiger partial charge on any atom is 0.415 e. The topological polar surface area (TPSA) is 54.6 Å². The highest BCUT2D eigenvalue weighted by atomic mass is 19.4. The van der Waals surface area contributed by atoms with Crippen molar-refractivity contribution in [2.75, 3.05) is 26.8 Å². The Balaban J connectivity index is 2.03. The minimum Gasteiger partial charge on any atom is -0.491 e. The van der Waals surface area contributed by atoms with Crippen LogP contribution in [0.3, 0.4) is 0 Å². The average molecular weight is 292 g/mol.